The van der Waals surface area contributed by atoms with Gasteiger partial charge in [-0.15, -0.1) is 0 Å². The predicted molar refractivity (Wildman–Crippen MR) is 133 cm³/mol. The van der Waals surface area contributed by atoms with Crippen LogP contribution >= 0.6 is 0 Å². The van der Waals surface area contributed by atoms with Crippen molar-refractivity contribution in [2.75, 3.05) is 0 Å². The van der Waals surface area contributed by atoms with Gasteiger partial charge in [-0.25, -0.2) is 4.79 Å². The molecule has 174 valence electrons. The zero-order valence-corrected chi connectivity index (χ0v) is 19.8. The van der Waals surface area contributed by atoms with Gasteiger partial charge >= 0.3 is 5.97 Å². The molecule has 4 nitrogen and oxygen atoms in total. The molecule has 0 aromatic heterocycles. The fourth-order valence-corrected chi connectivity index (χ4v) is 5.63. The van der Waals surface area contributed by atoms with Crippen LogP contribution in [0, 0.1) is 25.7 Å². The third kappa shape index (κ3) is 4.13. The molecule has 34 heavy (non-hydrogen) atoms. The summed E-state index contributed by atoms with van der Waals surface area (Å²) in [4.78, 5) is 24.4. The molecular weight excluding hydrogens is 424 g/mol. The van der Waals surface area contributed by atoms with E-state index < -0.39 is 5.97 Å². The Kier molecular flexibility index (Phi) is 5.99. The highest BCUT2D eigenvalue weighted by molar-refractivity contribution is 6.03. The zero-order valence-electron chi connectivity index (χ0n) is 19.8. The number of carbonyl (C=O) groups excluding carboxylic acids is 1. The van der Waals surface area contributed by atoms with Gasteiger partial charge in [-0.2, -0.15) is 0 Å². The fourth-order valence-electron chi connectivity index (χ4n) is 5.63. The van der Waals surface area contributed by atoms with Crippen molar-refractivity contribution in [3.8, 4) is 16.9 Å². The Hall–Kier alpha value is -3.40. The highest BCUT2D eigenvalue weighted by atomic mass is 16.5. The second kappa shape index (κ2) is 9.09. The number of aromatic carboxylic acids is 1. The van der Waals surface area contributed by atoms with Gasteiger partial charge in [0, 0.05) is 11.5 Å². The second-order valence-corrected chi connectivity index (χ2v) is 9.74. The molecule has 0 heterocycles. The van der Waals surface area contributed by atoms with Crippen LogP contribution in [0.25, 0.3) is 11.1 Å². The normalized spacial score (nSPS) is 17.7. The Morgan fingerprint density at radius 3 is 2.41 bits per heavy atom. The molecule has 0 aliphatic heterocycles. The van der Waals surface area contributed by atoms with Crippen molar-refractivity contribution >= 4 is 11.8 Å². The number of ketones is 1. The number of carbonyl (C=O) groups is 2. The number of Topliss-reactive ketones (excluding diaryl/α,β-unsaturated/α-hetero) is 1. The van der Waals surface area contributed by atoms with Gasteiger partial charge in [-0.1, -0.05) is 43.2 Å². The summed E-state index contributed by atoms with van der Waals surface area (Å²) in [5.74, 6) is 0.850. The molecule has 0 spiro atoms. The van der Waals surface area contributed by atoms with Crippen molar-refractivity contribution in [2.24, 2.45) is 11.8 Å². The van der Waals surface area contributed by atoms with E-state index >= 15 is 0 Å². The van der Waals surface area contributed by atoms with Crippen LogP contribution in [0.5, 0.6) is 5.75 Å². The molecular formula is C30H30O4. The number of carboxylic acid groups (broad SMARTS) is 1. The van der Waals surface area contributed by atoms with Crippen LogP contribution in [0.3, 0.4) is 0 Å². The van der Waals surface area contributed by atoms with Crippen LogP contribution in [0.4, 0.5) is 0 Å². The van der Waals surface area contributed by atoms with E-state index in [9.17, 15) is 9.59 Å². The van der Waals surface area contributed by atoms with E-state index in [1.807, 2.05) is 36.4 Å². The van der Waals surface area contributed by atoms with E-state index in [0.717, 1.165) is 40.0 Å². The maximum Gasteiger partial charge on any atom is 0.335 e. The van der Waals surface area contributed by atoms with Crippen LogP contribution in [0.1, 0.15) is 68.7 Å². The molecule has 1 unspecified atom stereocenters. The number of fused-ring (bicyclic) bond motifs is 1. The number of carboxylic acids is 1. The average Bonchev–Trinajstić information content (AvgIpc) is 3.49. The summed E-state index contributed by atoms with van der Waals surface area (Å²) >= 11 is 0. The first-order chi connectivity index (χ1) is 16.4. The molecule has 5 rings (SSSR count). The maximum atomic E-state index is 13.2. The van der Waals surface area contributed by atoms with Gasteiger partial charge in [-0.05, 0) is 96.7 Å². The lowest BCUT2D eigenvalue weighted by molar-refractivity contribution is 0.0696. The quantitative estimate of drug-likeness (QED) is 0.445. The van der Waals surface area contributed by atoms with Crippen molar-refractivity contribution in [1.82, 2.24) is 0 Å². The van der Waals surface area contributed by atoms with E-state index in [0.29, 0.717) is 18.3 Å². The molecule has 1 saturated carbocycles. The summed E-state index contributed by atoms with van der Waals surface area (Å²) < 4.78 is 6.25. The van der Waals surface area contributed by atoms with Crippen LogP contribution in [0.15, 0.2) is 54.6 Å². The van der Waals surface area contributed by atoms with E-state index in [2.05, 4.69) is 19.9 Å². The summed E-state index contributed by atoms with van der Waals surface area (Å²) in [6.45, 7) is 4.60. The van der Waals surface area contributed by atoms with E-state index in [4.69, 9.17) is 9.84 Å². The van der Waals surface area contributed by atoms with Crippen LogP contribution < -0.4 is 4.74 Å². The molecule has 2 aliphatic rings. The molecule has 1 atom stereocenters. The Bertz CT molecular complexity index is 1250. The van der Waals surface area contributed by atoms with Gasteiger partial charge in [-0.3, -0.25) is 4.79 Å². The minimum absolute atomic E-state index is 0.148. The molecule has 0 saturated heterocycles. The minimum Gasteiger partial charge on any atom is -0.489 e. The highest BCUT2D eigenvalue weighted by Gasteiger charge is 2.38. The van der Waals surface area contributed by atoms with Crippen molar-refractivity contribution in [3.05, 3.63) is 88.0 Å². The molecule has 0 amide bonds. The standard InChI is InChI=1S/C30H30O4/c1-18-19(2)28(16-27-25(18)15-26(29(27)31)22-7-3-4-8-22)34-17-20-6-5-9-24(14-20)21-10-12-23(13-11-21)30(32)33/h5-6,9-14,16,22,26H,3-4,7-8,15,17H2,1-2H3,(H,32,33). The van der Waals surface area contributed by atoms with Crippen molar-refractivity contribution in [3.63, 3.8) is 0 Å². The Labute approximate surface area is 200 Å². The summed E-state index contributed by atoms with van der Waals surface area (Å²) in [5, 5.41) is 9.12. The first-order valence-electron chi connectivity index (χ1n) is 12.1. The largest absolute Gasteiger partial charge is 0.489 e. The SMILES string of the molecule is Cc1c(OCc2cccc(-c3ccc(C(=O)O)cc3)c2)cc2c(c1C)CC(C1CCCC1)C2=O. The van der Waals surface area contributed by atoms with Gasteiger partial charge in [0.05, 0.1) is 5.56 Å². The average molecular weight is 455 g/mol. The Balaban J connectivity index is 1.34. The number of ether oxygens (including phenoxy) is 1. The molecule has 4 heteroatoms. The Morgan fingerprint density at radius 1 is 0.971 bits per heavy atom. The molecule has 0 radical (unpaired) electrons. The zero-order chi connectivity index (χ0) is 23.8. The van der Waals surface area contributed by atoms with Gasteiger partial charge in [0.15, 0.2) is 5.78 Å². The van der Waals surface area contributed by atoms with E-state index in [1.54, 1.807) is 12.1 Å². The van der Waals surface area contributed by atoms with Gasteiger partial charge in [0.2, 0.25) is 0 Å². The van der Waals surface area contributed by atoms with Gasteiger partial charge in [0.1, 0.15) is 12.4 Å². The lowest BCUT2D eigenvalue weighted by Gasteiger charge is -2.15. The maximum absolute atomic E-state index is 13.2. The highest BCUT2D eigenvalue weighted by Crippen LogP contribution is 2.43. The number of benzene rings is 3. The first-order valence-corrected chi connectivity index (χ1v) is 12.1. The molecule has 3 aromatic rings. The van der Waals surface area contributed by atoms with Gasteiger partial charge < -0.3 is 9.84 Å². The number of rotatable bonds is 6. The van der Waals surface area contributed by atoms with Crippen LogP contribution in [-0.4, -0.2) is 16.9 Å². The van der Waals surface area contributed by atoms with Crippen LogP contribution in [-0.2, 0) is 13.0 Å². The van der Waals surface area contributed by atoms with Crippen molar-refractivity contribution in [2.45, 2.75) is 52.6 Å². The van der Waals surface area contributed by atoms with Crippen LogP contribution in [0.2, 0.25) is 0 Å². The molecule has 0 bridgehead atoms. The van der Waals surface area contributed by atoms with Gasteiger partial charge in [0.25, 0.3) is 0 Å². The number of hydrogen-bond acceptors (Lipinski definition) is 3. The summed E-state index contributed by atoms with van der Waals surface area (Å²) in [6.07, 6.45) is 5.75. The van der Waals surface area contributed by atoms with Crippen molar-refractivity contribution in [1.29, 1.82) is 0 Å². The molecule has 3 aromatic carbocycles. The summed E-state index contributed by atoms with van der Waals surface area (Å²) in [5.41, 5.74) is 7.64. The second-order valence-electron chi connectivity index (χ2n) is 9.74. The lowest BCUT2D eigenvalue weighted by atomic mass is 9.87. The molecule has 1 N–H and O–H groups in total. The molecule has 1 fully saturated rings. The third-order valence-electron chi connectivity index (χ3n) is 7.77. The smallest absolute Gasteiger partial charge is 0.335 e. The monoisotopic (exact) mass is 454 g/mol. The predicted octanol–water partition coefficient (Wildman–Crippen LogP) is 6.79. The summed E-state index contributed by atoms with van der Waals surface area (Å²) in [7, 11) is 0. The molecule has 2 aliphatic carbocycles. The topological polar surface area (TPSA) is 63.6 Å². The van der Waals surface area contributed by atoms with E-state index in [-0.39, 0.29) is 11.5 Å². The lowest BCUT2D eigenvalue weighted by Crippen LogP contribution is -2.18. The minimum atomic E-state index is -0.929. The fraction of sp³-hybridized carbons (Fsp3) is 0.333. The number of hydrogen-bond donors (Lipinski definition) is 1. The van der Waals surface area contributed by atoms with E-state index in [1.165, 1.54) is 36.8 Å². The third-order valence-corrected chi connectivity index (χ3v) is 7.77. The summed E-state index contributed by atoms with van der Waals surface area (Å²) in [6, 6.07) is 16.9. The van der Waals surface area contributed by atoms with Crippen molar-refractivity contribution < 1.29 is 19.4 Å². The first kappa shape index (κ1) is 22.4. The Morgan fingerprint density at radius 2 is 1.71 bits per heavy atom.